The molecule has 0 N–H and O–H groups in total. The predicted molar refractivity (Wildman–Crippen MR) is 130 cm³/mol. The summed E-state index contributed by atoms with van der Waals surface area (Å²) < 4.78 is 19.6. The zero-order chi connectivity index (χ0) is 22.5. The van der Waals surface area contributed by atoms with E-state index in [-0.39, 0.29) is 5.54 Å². The van der Waals surface area contributed by atoms with Gasteiger partial charge in [-0.05, 0) is 0 Å². The summed E-state index contributed by atoms with van der Waals surface area (Å²) in [5.41, 5.74) is 1.76. The van der Waals surface area contributed by atoms with Gasteiger partial charge >= 0.3 is 167 Å². The minimum absolute atomic E-state index is 0.271. The van der Waals surface area contributed by atoms with Gasteiger partial charge in [0, 0.05) is 0 Å². The van der Waals surface area contributed by atoms with Crippen LogP contribution in [0, 0.1) is 0 Å². The maximum absolute atomic E-state index is 5.97. The Bertz CT molecular complexity index is 513. The minimum atomic E-state index is -2.71. The Morgan fingerprint density at radius 1 is 0.800 bits per heavy atom. The van der Waals surface area contributed by atoms with E-state index in [1.165, 1.54) is 76.2 Å². The van der Waals surface area contributed by atoms with Crippen LogP contribution in [0.25, 0.3) is 0 Å². The Labute approximate surface area is 192 Å². The van der Waals surface area contributed by atoms with Gasteiger partial charge in [-0.3, -0.25) is 0 Å². The molecule has 30 heavy (non-hydrogen) atoms. The molecule has 0 aromatic rings. The third-order valence-electron chi connectivity index (χ3n) is 6.20. The van der Waals surface area contributed by atoms with Gasteiger partial charge in [-0.25, -0.2) is 0 Å². The normalized spacial score (nSPS) is 16.5. The zero-order valence-corrected chi connectivity index (χ0v) is 24.2. The van der Waals surface area contributed by atoms with Crippen molar-refractivity contribution in [2.75, 3.05) is 21.3 Å². The van der Waals surface area contributed by atoms with Crippen LogP contribution in [0.4, 0.5) is 0 Å². The van der Waals surface area contributed by atoms with Crippen molar-refractivity contribution in [1.29, 1.82) is 0 Å². The second kappa shape index (κ2) is 15.2. The van der Waals surface area contributed by atoms with Gasteiger partial charge in [0.1, 0.15) is 0 Å². The first-order valence-electron chi connectivity index (χ1n) is 11.8. The molecule has 0 heterocycles. The number of hydrogen-bond donors (Lipinski definition) is 0. The Morgan fingerprint density at radius 3 is 1.70 bits per heavy atom. The number of rotatable bonds is 18. The maximum atomic E-state index is 5.97. The van der Waals surface area contributed by atoms with Crippen molar-refractivity contribution in [3.05, 3.63) is 21.7 Å². The molecule has 0 saturated carbocycles. The fraction of sp³-hybridized carbons (Fsp3) is 0.840. The van der Waals surface area contributed by atoms with Crippen molar-refractivity contribution in [3.63, 3.8) is 0 Å². The summed E-state index contributed by atoms with van der Waals surface area (Å²) in [4.78, 5) is 0. The van der Waals surface area contributed by atoms with Crippen LogP contribution in [0.2, 0.25) is 21.5 Å². The van der Waals surface area contributed by atoms with E-state index in [9.17, 15) is 0 Å². The topological polar surface area (TPSA) is 27.7 Å². The Kier molecular flexibility index (Phi) is 14.3. The molecule has 0 fully saturated rings. The fourth-order valence-electron chi connectivity index (χ4n) is 4.46. The molecular formula is C25H50O3PtSi. The molecule has 1 unspecified atom stereocenters. The summed E-state index contributed by atoms with van der Waals surface area (Å²) in [5, 5.41) is 7.47. The molecule has 0 spiro atoms. The van der Waals surface area contributed by atoms with Crippen molar-refractivity contribution < 1.29 is 29.3 Å². The van der Waals surface area contributed by atoms with Gasteiger partial charge in [-0.2, -0.15) is 0 Å². The standard InChI is InChI=1S/C22H41O3Si.3CH3.Pt/c1-5-6-7-8-9-10-11-12-13-14-15-20-22(21-18-16-17-19-21)26(23-2,24-3)25-4;;;;/h16,18,22H,5-15,17,20H2,1-4H3;3*1H3;. The van der Waals surface area contributed by atoms with Gasteiger partial charge in [0.05, 0.1) is 0 Å². The first-order valence-corrected chi connectivity index (χ1v) is 21.5. The Morgan fingerprint density at radius 2 is 1.27 bits per heavy atom. The SMILES string of the molecule is CCCCCCCCCCCCCC(C1=[C]([Pt]([CH3])([CH3])[CH3])CC=C1)[Si](OC)(OC)OC. The number of hydrogen-bond acceptors (Lipinski definition) is 3. The number of allylic oxidation sites excluding steroid dienone is 4. The van der Waals surface area contributed by atoms with Crippen LogP contribution in [-0.2, 0) is 29.3 Å². The summed E-state index contributed by atoms with van der Waals surface area (Å²) in [5.74, 6) is 0. The molecule has 1 atom stereocenters. The van der Waals surface area contributed by atoms with Gasteiger partial charge in [-0.1, -0.05) is 26.2 Å². The van der Waals surface area contributed by atoms with Crippen molar-refractivity contribution in [1.82, 2.24) is 0 Å². The molecule has 182 valence electrons. The molecule has 0 aliphatic heterocycles. The Hall–Kier alpha value is 0.265. The van der Waals surface area contributed by atoms with Crippen LogP contribution < -0.4 is 0 Å². The van der Waals surface area contributed by atoms with E-state index in [1.54, 1.807) is 25.3 Å². The monoisotopic (exact) mass is 621 g/mol. The molecule has 1 rings (SSSR count). The second-order valence-electron chi connectivity index (χ2n) is 8.95. The third kappa shape index (κ3) is 9.02. The van der Waals surface area contributed by atoms with E-state index in [0.29, 0.717) is 0 Å². The molecule has 0 aromatic carbocycles. The number of unbranched alkanes of at least 4 members (excludes halogenated alkanes) is 10. The molecule has 3 nitrogen and oxygen atoms in total. The van der Waals surface area contributed by atoms with Crippen LogP contribution in [0.1, 0.15) is 90.4 Å². The average molecular weight is 622 g/mol. The van der Waals surface area contributed by atoms with Gasteiger partial charge in [0.25, 0.3) is 0 Å². The van der Waals surface area contributed by atoms with Crippen molar-refractivity contribution in [3.8, 4) is 0 Å². The van der Waals surface area contributed by atoms with Crippen LogP contribution >= 0.6 is 0 Å². The average Bonchev–Trinajstić information content (AvgIpc) is 3.22. The fourth-order valence-corrected chi connectivity index (χ4v) is 11.5. The molecule has 0 saturated heterocycles. The third-order valence-corrected chi connectivity index (χ3v) is 14.6. The van der Waals surface area contributed by atoms with Gasteiger partial charge in [0.2, 0.25) is 0 Å². The van der Waals surface area contributed by atoms with E-state index in [0.717, 1.165) is 12.8 Å². The summed E-state index contributed by atoms with van der Waals surface area (Å²) in [6.07, 6.45) is 22.0. The van der Waals surface area contributed by atoms with Crippen LogP contribution in [0.5, 0.6) is 0 Å². The van der Waals surface area contributed by atoms with E-state index in [1.807, 2.05) is 0 Å². The molecule has 1 aliphatic carbocycles. The van der Waals surface area contributed by atoms with Gasteiger partial charge in [0.15, 0.2) is 0 Å². The van der Waals surface area contributed by atoms with E-state index in [4.69, 9.17) is 13.3 Å². The molecule has 0 bridgehead atoms. The summed E-state index contributed by atoms with van der Waals surface area (Å²) >= 11 is -1.84. The van der Waals surface area contributed by atoms with Crippen molar-refractivity contribution in [2.45, 2.75) is 112 Å². The molecular weight excluding hydrogens is 571 g/mol. The molecule has 1 aliphatic rings. The van der Waals surface area contributed by atoms with Crippen molar-refractivity contribution in [2.24, 2.45) is 0 Å². The van der Waals surface area contributed by atoms with Gasteiger partial charge in [-0.15, -0.1) is 0 Å². The molecule has 0 aromatic heterocycles. The second-order valence-corrected chi connectivity index (χ2v) is 23.7. The summed E-state index contributed by atoms with van der Waals surface area (Å²) in [6, 6.07) is 0. The van der Waals surface area contributed by atoms with Crippen LogP contribution in [-0.4, -0.2) is 30.1 Å². The quantitative estimate of drug-likeness (QED) is 0.114. The summed E-state index contributed by atoms with van der Waals surface area (Å²) in [6.45, 7) is 2.29. The van der Waals surface area contributed by atoms with E-state index in [2.05, 4.69) is 35.0 Å². The van der Waals surface area contributed by atoms with E-state index >= 15 is 0 Å². The molecule has 5 heteroatoms. The predicted octanol–water partition coefficient (Wildman–Crippen LogP) is 8.45. The van der Waals surface area contributed by atoms with E-state index < -0.39 is 24.9 Å². The Balaban J connectivity index is 2.58. The van der Waals surface area contributed by atoms with Gasteiger partial charge < -0.3 is 0 Å². The molecule has 0 amide bonds. The zero-order valence-electron chi connectivity index (χ0n) is 21.0. The first-order chi connectivity index (χ1) is 14.4. The van der Waals surface area contributed by atoms with Crippen molar-refractivity contribution >= 4 is 8.80 Å². The first kappa shape index (κ1) is 28.3. The van der Waals surface area contributed by atoms with Crippen LogP contribution in [0.3, 0.4) is 0 Å². The van der Waals surface area contributed by atoms with Crippen LogP contribution in [0.15, 0.2) is 21.7 Å². The summed E-state index contributed by atoms with van der Waals surface area (Å²) in [7, 11) is 2.59. The molecule has 0 radical (unpaired) electrons.